The van der Waals surface area contributed by atoms with E-state index in [1.54, 1.807) is 31.2 Å². The van der Waals surface area contributed by atoms with Crippen LogP contribution in [0, 0.1) is 6.92 Å². The second kappa shape index (κ2) is 9.77. The molecule has 11 heteroatoms. The Morgan fingerprint density at radius 2 is 1.66 bits per heavy atom. The largest absolute Gasteiger partial charge is 0.497 e. The van der Waals surface area contributed by atoms with E-state index in [2.05, 4.69) is 20.4 Å². The second-order valence-corrected chi connectivity index (χ2v) is 8.32. The van der Waals surface area contributed by atoms with Crippen LogP contribution < -0.4 is 20.9 Å². The molecule has 0 aliphatic carbocycles. The lowest BCUT2D eigenvalue weighted by Crippen LogP contribution is -2.25. The minimum Gasteiger partial charge on any atom is -0.497 e. The van der Waals surface area contributed by atoms with Crippen LogP contribution in [0.5, 0.6) is 5.75 Å². The van der Waals surface area contributed by atoms with Crippen molar-refractivity contribution in [3.63, 3.8) is 0 Å². The molecule has 0 spiro atoms. The molecule has 0 bridgehead atoms. The van der Waals surface area contributed by atoms with E-state index in [4.69, 9.17) is 4.74 Å². The molecule has 2 aromatic heterocycles. The fourth-order valence-corrected chi connectivity index (χ4v) is 4.40. The van der Waals surface area contributed by atoms with Crippen LogP contribution >= 0.6 is 11.3 Å². The number of aryl methyl sites for hydroxylation is 1. The van der Waals surface area contributed by atoms with Crippen LogP contribution in [0.1, 0.15) is 36.2 Å². The SMILES string of the molecule is COC(=O)c1ccc(NC(=O)c2sc3nc(C)cc(=O)n3c2C(=O)Nc2cccc(OC)c2)cc1. The third-order valence-corrected chi connectivity index (χ3v) is 6.00. The Kier molecular flexibility index (Phi) is 6.60. The lowest BCUT2D eigenvalue weighted by atomic mass is 10.2. The van der Waals surface area contributed by atoms with Crippen molar-refractivity contribution in [1.29, 1.82) is 0 Å². The number of nitrogens with zero attached hydrogens (tertiary/aromatic N) is 2. The predicted molar refractivity (Wildman–Crippen MR) is 131 cm³/mol. The number of anilines is 2. The first kappa shape index (κ1) is 23.6. The molecule has 35 heavy (non-hydrogen) atoms. The lowest BCUT2D eigenvalue weighted by Gasteiger charge is -2.09. The van der Waals surface area contributed by atoms with Gasteiger partial charge in [0.25, 0.3) is 17.4 Å². The summed E-state index contributed by atoms with van der Waals surface area (Å²) < 4.78 is 11.0. The normalized spacial score (nSPS) is 10.6. The number of carbonyl (C=O) groups excluding carboxylic acids is 3. The molecule has 0 saturated carbocycles. The first-order valence-electron chi connectivity index (χ1n) is 10.3. The predicted octanol–water partition coefficient (Wildman–Crippen LogP) is 3.36. The smallest absolute Gasteiger partial charge is 0.337 e. The maximum Gasteiger partial charge on any atom is 0.337 e. The van der Waals surface area contributed by atoms with Crippen LogP contribution in [0.2, 0.25) is 0 Å². The number of benzene rings is 2. The molecule has 2 N–H and O–H groups in total. The van der Waals surface area contributed by atoms with Crippen LogP contribution in [-0.2, 0) is 4.74 Å². The van der Waals surface area contributed by atoms with Crippen molar-refractivity contribution in [1.82, 2.24) is 9.38 Å². The number of amides is 2. The Morgan fingerprint density at radius 3 is 2.34 bits per heavy atom. The van der Waals surface area contributed by atoms with Gasteiger partial charge in [0, 0.05) is 29.2 Å². The molecule has 178 valence electrons. The summed E-state index contributed by atoms with van der Waals surface area (Å²) in [5, 5.41) is 5.40. The highest BCUT2D eigenvalue weighted by atomic mass is 32.1. The zero-order valence-electron chi connectivity index (χ0n) is 18.9. The molecule has 10 nitrogen and oxygen atoms in total. The Morgan fingerprint density at radius 1 is 0.943 bits per heavy atom. The fraction of sp³-hybridized carbons (Fsp3) is 0.125. The van der Waals surface area contributed by atoms with E-state index in [0.29, 0.717) is 28.4 Å². The van der Waals surface area contributed by atoms with E-state index in [9.17, 15) is 19.2 Å². The van der Waals surface area contributed by atoms with E-state index in [-0.39, 0.29) is 15.5 Å². The summed E-state index contributed by atoms with van der Waals surface area (Å²) in [6, 6.07) is 14.0. The number of hydrogen-bond donors (Lipinski definition) is 2. The zero-order chi connectivity index (χ0) is 25.1. The number of rotatable bonds is 6. The van der Waals surface area contributed by atoms with Gasteiger partial charge in [-0.1, -0.05) is 17.4 Å². The Hall–Kier alpha value is -4.51. The molecule has 0 aliphatic heterocycles. The Balaban J connectivity index is 1.72. The summed E-state index contributed by atoms with van der Waals surface area (Å²) in [4.78, 5) is 55.4. The second-order valence-electron chi connectivity index (χ2n) is 7.34. The van der Waals surface area contributed by atoms with Gasteiger partial charge in [0.15, 0.2) is 4.96 Å². The highest BCUT2D eigenvalue weighted by molar-refractivity contribution is 7.19. The van der Waals surface area contributed by atoms with Crippen molar-refractivity contribution in [2.45, 2.75) is 6.92 Å². The van der Waals surface area contributed by atoms with E-state index in [0.717, 1.165) is 15.7 Å². The summed E-state index contributed by atoms with van der Waals surface area (Å²) in [5.74, 6) is -1.26. The van der Waals surface area contributed by atoms with Gasteiger partial charge in [-0.2, -0.15) is 0 Å². The molecular weight excluding hydrogens is 472 g/mol. The average molecular weight is 493 g/mol. The van der Waals surface area contributed by atoms with Gasteiger partial charge < -0.3 is 20.1 Å². The molecule has 0 atom stereocenters. The Labute approximate surface area is 203 Å². The number of ether oxygens (including phenoxy) is 2. The molecule has 0 unspecified atom stereocenters. The van der Waals surface area contributed by atoms with E-state index < -0.39 is 23.3 Å². The number of thiazole rings is 1. The van der Waals surface area contributed by atoms with Gasteiger partial charge in [-0.05, 0) is 43.3 Å². The molecule has 0 aliphatic rings. The third-order valence-electron chi connectivity index (χ3n) is 4.96. The van der Waals surface area contributed by atoms with Crippen LogP contribution in [0.4, 0.5) is 11.4 Å². The van der Waals surface area contributed by atoms with Gasteiger partial charge in [0.2, 0.25) is 0 Å². The maximum atomic E-state index is 13.3. The molecule has 2 heterocycles. The summed E-state index contributed by atoms with van der Waals surface area (Å²) >= 11 is 0.918. The van der Waals surface area contributed by atoms with E-state index in [1.165, 1.54) is 44.6 Å². The fourth-order valence-electron chi connectivity index (χ4n) is 3.33. The van der Waals surface area contributed by atoms with Crippen molar-refractivity contribution in [3.8, 4) is 5.75 Å². The van der Waals surface area contributed by atoms with Gasteiger partial charge in [-0.15, -0.1) is 0 Å². The molecule has 4 aromatic rings. The van der Waals surface area contributed by atoms with Crippen LogP contribution in [0.15, 0.2) is 59.4 Å². The summed E-state index contributed by atoms with van der Waals surface area (Å²) in [6.45, 7) is 1.65. The average Bonchev–Trinajstić information content (AvgIpc) is 3.24. The van der Waals surface area contributed by atoms with E-state index >= 15 is 0 Å². The van der Waals surface area contributed by atoms with Crippen molar-refractivity contribution in [3.05, 3.63) is 86.8 Å². The molecular formula is C24H20N4O6S. The highest BCUT2D eigenvalue weighted by Gasteiger charge is 2.26. The van der Waals surface area contributed by atoms with Gasteiger partial charge >= 0.3 is 5.97 Å². The molecule has 4 rings (SSSR count). The maximum absolute atomic E-state index is 13.3. The summed E-state index contributed by atoms with van der Waals surface area (Å²) in [5.41, 5.74) is 0.954. The molecule has 0 saturated heterocycles. The monoisotopic (exact) mass is 492 g/mol. The van der Waals surface area contributed by atoms with Crippen LogP contribution in [0.3, 0.4) is 0 Å². The molecule has 0 radical (unpaired) electrons. The number of fused-ring (bicyclic) bond motifs is 1. The number of hydrogen-bond acceptors (Lipinski definition) is 8. The first-order valence-corrected chi connectivity index (χ1v) is 11.1. The zero-order valence-corrected chi connectivity index (χ0v) is 19.8. The van der Waals surface area contributed by atoms with Gasteiger partial charge in [0.05, 0.1) is 19.8 Å². The molecule has 2 amide bonds. The highest BCUT2D eigenvalue weighted by Crippen LogP contribution is 2.25. The standard InChI is InChI=1S/C24H20N4O6S/c1-13-11-18(29)28-19(21(30)27-16-5-4-6-17(12-16)33-2)20(35-24(28)25-13)22(31)26-15-9-7-14(8-10-15)23(32)34-3/h4-12H,1-3H3,(H,26,31)(H,27,30). The minimum atomic E-state index is -0.663. The van der Waals surface area contributed by atoms with Gasteiger partial charge in [-0.3, -0.25) is 14.4 Å². The van der Waals surface area contributed by atoms with Gasteiger partial charge in [0.1, 0.15) is 16.3 Å². The first-order chi connectivity index (χ1) is 16.8. The number of methoxy groups -OCH3 is 2. The number of nitrogens with one attached hydrogen (secondary N) is 2. The van der Waals surface area contributed by atoms with Crippen molar-refractivity contribution < 1.29 is 23.9 Å². The number of esters is 1. The third kappa shape index (κ3) is 4.89. The topological polar surface area (TPSA) is 128 Å². The van der Waals surface area contributed by atoms with Crippen LogP contribution in [-0.4, -0.2) is 41.4 Å². The van der Waals surface area contributed by atoms with Crippen molar-refractivity contribution >= 4 is 45.5 Å². The molecule has 0 fully saturated rings. The Bertz CT molecular complexity index is 1510. The molecule has 2 aromatic carbocycles. The number of carbonyl (C=O) groups is 3. The number of aromatic nitrogens is 2. The van der Waals surface area contributed by atoms with Crippen LogP contribution in [0.25, 0.3) is 4.96 Å². The van der Waals surface area contributed by atoms with Crippen molar-refractivity contribution in [2.75, 3.05) is 24.9 Å². The lowest BCUT2D eigenvalue weighted by molar-refractivity contribution is 0.0600. The summed E-state index contributed by atoms with van der Waals surface area (Å²) in [6.07, 6.45) is 0. The van der Waals surface area contributed by atoms with E-state index in [1.807, 2.05) is 0 Å². The van der Waals surface area contributed by atoms with Crippen molar-refractivity contribution in [2.24, 2.45) is 0 Å². The minimum absolute atomic E-state index is 0.00218. The summed E-state index contributed by atoms with van der Waals surface area (Å²) in [7, 11) is 2.77. The van der Waals surface area contributed by atoms with Gasteiger partial charge in [-0.25, -0.2) is 14.2 Å². The quantitative estimate of drug-likeness (QED) is 0.395.